The van der Waals surface area contributed by atoms with E-state index in [-0.39, 0.29) is 31.1 Å². The summed E-state index contributed by atoms with van der Waals surface area (Å²) in [6.45, 7) is 0. The number of fused-ring (bicyclic) bond motifs is 4. The molecule has 0 aliphatic carbocycles. The molecule has 7 heteroatoms. The van der Waals surface area contributed by atoms with Gasteiger partial charge >= 0.3 is 31.1 Å². The Bertz CT molecular complexity index is 2210. The minimum Gasteiger partial charge on any atom is -0.436 e. The largest absolute Gasteiger partial charge is 2.00 e. The van der Waals surface area contributed by atoms with Crippen LogP contribution in [0.5, 0.6) is 0 Å². The number of oxazole rings is 1. The third kappa shape index (κ3) is 5.08. The maximum absolute atomic E-state index is 6.10. The summed E-state index contributed by atoms with van der Waals surface area (Å²) in [5.41, 5.74) is 8.04. The van der Waals surface area contributed by atoms with Crippen LogP contribution in [0.15, 0.2) is 137 Å². The Morgan fingerprint density at radius 1 is 0.698 bits per heavy atom. The maximum atomic E-state index is 6.10. The van der Waals surface area contributed by atoms with E-state index < -0.39 is 0 Å². The van der Waals surface area contributed by atoms with Gasteiger partial charge in [0.25, 0.3) is 0 Å². The van der Waals surface area contributed by atoms with E-state index in [9.17, 15) is 0 Å². The predicted octanol–water partition coefficient (Wildman–Crippen LogP) is 8.48. The van der Waals surface area contributed by atoms with E-state index in [1.807, 2.05) is 91.3 Å². The Hall–Kier alpha value is -4.83. The molecule has 0 atom stereocenters. The van der Waals surface area contributed by atoms with Gasteiger partial charge in [-0.05, 0) is 52.9 Å². The first-order valence-electron chi connectivity index (χ1n) is 13.6. The number of para-hydroxylation sites is 3. The van der Waals surface area contributed by atoms with Gasteiger partial charge in [0, 0.05) is 29.0 Å². The monoisotopic (exact) mass is 777 g/mol. The molecule has 0 aliphatic rings. The fourth-order valence-corrected chi connectivity index (χ4v) is 5.23. The molecular weight excluding hydrogens is 756 g/mol. The molecule has 43 heavy (non-hydrogen) atoms. The van der Waals surface area contributed by atoms with E-state index in [0.717, 1.165) is 60.8 Å². The van der Waals surface area contributed by atoms with Crippen molar-refractivity contribution >= 4 is 44.8 Å². The third-order valence-electron chi connectivity index (χ3n) is 7.25. The molecule has 3 aromatic heterocycles. The molecule has 0 spiro atoms. The van der Waals surface area contributed by atoms with Gasteiger partial charge in [-0.3, -0.25) is 4.57 Å². The first-order chi connectivity index (χ1) is 20.8. The van der Waals surface area contributed by atoms with Gasteiger partial charge in [-0.25, -0.2) is 21.0 Å². The van der Waals surface area contributed by atoms with Crippen LogP contribution < -0.4 is 0 Å². The average molecular weight is 778 g/mol. The molecular formula is C36H21N5OU. The molecule has 0 fully saturated rings. The number of hydrogen-bond donors (Lipinski definition) is 0. The van der Waals surface area contributed by atoms with Crippen molar-refractivity contribution in [1.29, 1.82) is 0 Å². The van der Waals surface area contributed by atoms with Gasteiger partial charge in [-0.1, -0.05) is 48.5 Å². The molecule has 0 amide bonds. The molecule has 8 rings (SSSR count). The van der Waals surface area contributed by atoms with Crippen LogP contribution in [-0.2, 0) is 0 Å². The summed E-state index contributed by atoms with van der Waals surface area (Å²) in [4.78, 5) is 18.8. The Kier molecular flexibility index (Phi) is 7.20. The van der Waals surface area contributed by atoms with Gasteiger partial charge in [0.05, 0.1) is 5.52 Å². The second kappa shape index (κ2) is 11.5. The molecule has 0 radical (unpaired) electrons. The Morgan fingerprint density at radius 2 is 1.44 bits per heavy atom. The second-order valence-corrected chi connectivity index (χ2v) is 9.90. The molecule has 0 aliphatic heterocycles. The van der Waals surface area contributed by atoms with Crippen LogP contribution in [0.25, 0.3) is 61.4 Å². The third-order valence-corrected chi connectivity index (χ3v) is 7.25. The van der Waals surface area contributed by atoms with Gasteiger partial charge in [0.15, 0.2) is 5.58 Å². The Balaban J connectivity index is 0.00000300. The fraction of sp³-hybridized carbons (Fsp3) is 0. The van der Waals surface area contributed by atoms with Gasteiger partial charge in [0.2, 0.25) is 11.8 Å². The summed E-state index contributed by atoms with van der Waals surface area (Å²) in [5.74, 6) is 1.17. The van der Waals surface area contributed by atoms with Crippen molar-refractivity contribution in [3.8, 4) is 28.5 Å². The van der Waals surface area contributed by atoms with Crippen LogP contribution >= 0.6 is 0 Å². The summed E-state index contributed by atoms with van der Waals surface area (Å²) < 4.78 is 8.18. The quantitative estimate of drug-likeness (QED) is 0.130. The van der Waals surface area contributed by atoms with E-state index in [1.165, 1.54) is 0 Å². The summed E-state index contributed by atoms with van der Waals surface area (Å²) in [7, 11) is 0. The van der Waals surface area contributed by atoms with Gasteiger partial charge in [-0.2, -0.15) is 24.3 Å². The van der Waals surface area contributed by atoms with E-state index in [1.54, 1.807) is 0 Å². The molecule has 0 N–H and O–H groups in total. The standard InChI is InChI=1S/C36H21N5O.U/c1-3-9-25(10-4-1)27-22-38-36(39-23-27)41-32-17-15-24(21-37-28-11-5-2-6-12-28)19-29(32)30-20-26(16-18-33(30)41)35-40-31-13-7-8-14-34(31)42-35;/h1-11,13-20,22-23H;/q-2;+2. The van der Waals surface area contributed by atoms with E-state index in [2.05, 4.69) is 58.2 Å². The number of aliphatic imine (C=N–C) groups is 1. The van der Waals surface area contributed by atoms with Crippen molar-refractivity contribution in [2.45, 2.75) is 0 Å². The summed E-state index contributed by atoms with van der Waals surface area (Å²) in [6.07, 6.45) is 6.92. The minimum atomic E-state index is 0. The van der Waals surface area contributed by atoms with Gasteiger partial charge < -0.3 is 9.41 Å². The Morgan fingerprint density at radius 3 is 2.23 bits per heavy atom. The van der Waals surface area contributed by atoms with Crippen molar-refractivity contribution in [2.75, 3.05) is 0 Å². The molecule has 0 unspecified atom stereocenters. The van der Waals surface area contributed by atoms with E-state index >= 15 is 0 Å². The summed E-state index contributed by atoms with van der Waals surface area (Å²) in [5, 5.41) is 2.05. The smallest absolute Gasteiger partial charge is 0.436 e. The van der Waals surface area contributed by atoms with Crippen LogP contribution in [0.4, 0.5) is 5.69 Å². The fourth-order valence-electron chi connectivity index (χ4n) is 5.23. The molecule has 200 valence electrons. The molecule has 5 aromatic carbocycles. The normalized spacial score (nSPS) is 11.4. The number of rotatable bonds is 5. The minimum absolute atomic E-state index is 0. The molecule has 0 saturated heterocycles. The van der Waals surface area contributed by atoms with Crippen LogP contribution in [-0.4, -0.2) is 25.7 Å². The Labute approximate surface area is 271 Å². The summed E-state index contributed by atoms with van der Waals surface area (Å²) >= 11 is 0. The molecule has 6 nitrogen and oxygen atoms in total. The first kappa shape index (κ1) is 27.0. The number of aromatic nitrogens is 4. The number of benzene rings is 5. The average Bonchev–Trinajstić information content (AvgIpc) is 3.64. The predicted molar refractivity (Wildman–Crippen MR) is 166 cm³/mol. The van der Waals surface area contributed by atoms with Gasteiger partial charge in [0.1, 0.15) is 5.52 Å². The van der Waals surface area contributed by atoms with Crippen molar-refractivity contribution in [1.82, 2.24) is 19.5 Å². The molecule has 0 bridgehead atoms. The van der Waals surface area contributed by atoms with Crippen molar-refractivity contribution in [3.05, 3.63) is 139 Å². The molecule has 8 aromatic rings. The SMILES string of the molecule is [C-](=Nc1[c-]cccc1)c1ccc2c(c1)c1cc(-c3nc4ccccc4o3)ccc1n2-c1ncc(-c2ccccc2)cn1.[U+2]. The van der Waals surface area contributed by atoms with Crippen molar-refractivity contribution in [2.24, 2.45) is 4.99 Å². The van der Waals surface area contributed by atoms with Crippen LogP contribution in [0, 0.1) is 37.2 Å². The summed E-state index contributed by atoms with van der Waals surface area (Å²) in [6, 6.07) is 41.0. The van der Waals surface area contributed by atoms with Crippen molar-refractivity contribution < 1.29 is 35.5 Å². The van der Waals surface area contributed by atoms with Crippen molar-refractivity contribution in [3.63, 3.8) is 0 Å². The number of hydrogen-bond acceptors (Lipinski definition) is 5. The van der Waals surface area contributed by atoms with Crippen LogP contribution in [0.2, 0.25) is 0 Å². The molecule has 0 saturated carbocycles. The van der Waals surface area contributed by atoms with E-state index in [0.29, 0.717) is 11.8 Å². The van der Waals surface area contributed by atoms with Crippen LogP contribution in [0.1, 0.15) is 5.56 Å². The topological polar surface area (TPSA) is 69.1 Å². The van der Waals surface area contributed by atoms with Crippen LogP contribution in [0.3, 0.4) is 0 Å². The maximum Gasteiger partial charge on any atom is 2.00 e. The van der Waals surface area contributed by atoms with E-state index in [4.69, 9.17) is 19.4 Å². The number of nitrogens with zero attached hydrogens (tertiary/aromatic N) is 5. The first-order valence-corrected chi connectivity index (χ1v) is 13.6. The van der Waals surface area contributed by atoms with Gasteiger partial charge in [-0.15, -0.1) is 23.4 Å². The zero-order valence-corrected chi connectivity index (χ0v) is 26.9. The second-order valence-electron chi connectivity index (χ2n) is 9.90. The zero-order chi connectivity index (χ0) is 27.9. The zero-order valence-electron chi connectivity index (χ0n) is 22.8. The molecule has 3 heterocycles.